The Labute approximate surface area is 335 Å². The molecule has 0 bridgehead atoms. The van der Waals surface area contributed by atoms with Crippen molar-refractivity contribution in [3.05, 3.63) is 0 Å². The maximum absolute atomic E-state index is 9.98. The summed E-state index contributed by atoms with van der Waals surface area (Å²) < 4.78 is 0. The minimum atomic E-state index is -2.31. The fraction of sp³-hybridized carbons (Fsp3) is 0.773. The van der Waals surface area contributed by atoms with Crippen LogP contribution in [0.25, 0.3) is 0 Å². The van der Waals surface area contributed by atoms with E-state index < -0.39 is 123 Å². The summed E-state index contributed by atoms with van der Waals surface area (Å²) in [4.78, 5) is 48.4. The van der Waals surface area contributed by atoms with Crippen molar-refractivity contribution in [2.24, 2.45) is 0 Å². The van der Waals surface area contributed by atoms with Gasteiger partial charge in [0.05, 0.1) is 55.9 Å². The number of carbonyl (C=O) groups is 5. The third kappa shape index (κ3) is 34.1. The van der Waals surface area contributed by atoms with E-state index in [2.05, 4.69) is 0 Å². The van der Waals surface area contributed by atoms with Crippen molar-refractivity contribution < 1.29 is 126 Å². The standard InChI is InChI=1S/2C6H12O7.C4H8O5.2C3H6O3.2Ca/c2*7-1-2(8)3(9)4(10)5(11)6(12)13;5-1-2(6)3(7)4(8)9;2*1-2(4)3(5)6;;/h2*2-5,7-11H,1H2,(H,12,13);2-3,5-7H,1H2,(H,8,9);2*2,4H,1H3,(H,5,6);;/q;;;;;2*+2/p-4/t2*2-,3-,4+,5-;2-,3+;;;;/m111..../s1. The van der Waals surface area contributed by atoms with Crippen LogP contribution in [0.1, 0.15) is 13.8 Å². The molecule has 25 nitrogen and oxygen atoms in total. The van der Waals surface area contributed by atoms with Crippen LogP contribution >= 0.6 is 0 Å². The Kier molecular flexibility index (Phi) is 46.1. The number of hydrogen-bond donors (Lipinski definition) is 16. The molecule has 282 valence electrons. The number of aliphatic carboxylic acids is 5. The number of aliphatic hydroxyl groups is 15. The number of rotatable bonds is 15. The summed E-state index contributed by atoms with van der Waals surface area (Å²) in [5, 5.41) is 174. The van der Waals surface area contributed by atoms with Gasteiger partial charge in [-0.3, -0.25) is 0 Å². The molecule has 0 fully saturated rings. The topological polar surface area (TPSA) is 501 Å². The van der Waals surface area contributed by atoms with E-state index in [1.165, 1.54) is 0 Å². The SMILES string of the molecule is CC(O)C(=O)[O-].CC(O)C(=O)[O-].O=C(O)[C@@H](O)[C@H](O)CO.O=C([O-])[C@H](O)[C@@H](O)[C@H](O)[C@H](O)CO.O=C([O-])[C@H](O)[C@@H](O)[C@H](O)[C@H](O)CO.[Ca+2].[Ca+2]. The average Bonchev–Trinajstić information content (AvgIpc) is 3.01. The number of aliphatic hydroxyl groups excluding tert-OH is 15. The van der Waals surface area contributed by atoms with Gasteiger partial charge in [-0.15, -0.1) is 0 Å². The monoisotopic (exact) mass is 784 g/mol. The van der Waals surface area contributed by atoms with E-state index in [0.717, 1.165) is 13.8 Å². The Bertz CT molecular complexity index is 822. The Morgan fingerprint density at radius 2 is 0.633 bits per heavy atom. The predicted molar refractivity (Wildman–Crippen MR) is 144 cm³/mol. The van der Waals surface area contributed by atoms with Crippen LogP contribution in [0.15, 0.2) is 0 Å². The largest absolute Gasteiger partial charge is 2.00 e. The van der Waals surface area contributed by atoms with Crippen molar-refractivity contribution in [3.8, 4) is 0 Å². The molecule has 16 N–H and O–H groups in total. The number of hydrogen-bond acceptors (Lipinski definition) is 24. The van der Waals surface area contributed by atoms with Crippen molar-refractivity contribution in [3.63, 3.8) is 0 Å². The molecule has 0 aromatic heterocycles. The number of carboxylic acid groups (broad SMARTS) is 5. The summed E-state index contributed by atoms with van der Waals surface area (Å²) in [6.45, 7) is -0.214. The molecule has 0 aromatic rings. The third-order valence-corrected chi connectivity index (χ3v) is 4.48. The molecular weight excluding hydrogens is 744 g/mol. The number of carboxylic acids is 5. The van der Waals surface area contributed by atoms with Gasteiger partial charge in [-0.25, -0.2) is 4.79 Å². The molecule has 0 heterocycles. The smallest absolute Gasteiger partial charge is 0.547 e. The third-order valence-electron chi connectivity index (χ3n) is 4.48. The van der Waals surface area contributed by atoms with Crippen molar-refractivity contribution in [2.75, 3.05) is 19.8 Å². The maximum atomic E-state index is 9.98. The van der Waals surface area contributed by atoms with Crippen molar-refractivity contribution >= 4 is 105 Å². The molecule has 12 atom stereocenters. The second-order valence-corrected chi connectivity index (χ2v) is 8.51. The van der Waals surface area contributed by atoms with E-state index >= 15 is 0 Å². The first-order chi connectivity index (χ1) is 21.2. The van der Waals surface area contributed by atoms with Crippen LogP contribution in [0.3, 0.4) is 0 Å². The van der Waals surface area contributed by atoms with E-state index in [4.69, 9.17) is 81.7 Å². The zero-order valence-electron chi connectivity index (χ0n) is 25.8. The minimum absolute atomic E-state index is 0. The normalized spacial score (nSPS) is 17.2. The molecule has 0 radical (unpaired) electrons. The summed E-state index contributed by atoms with van der Waals surface area (Å²) in [6.07, 6.45) is -22.3. The molecule has 0 amide bonds. The summed E-state index contributed by atoms with van der Waals surface area (Å²) >= 11 is 0. The Morgan fingerprint density at radius 1 is 0.429 bits per heavy atom. The number of carbonyl (C=O) groups excluding carboxylic acids is 4. The molecule has 27 heteroatoms. The first kappa shape index (κ1) is 63.3. The Morgan fingerprint density at radius 3 is 0.735 bits per heavy atom. The molecule has 0 aromatic carbocycles. The fourth-order valence-electron chi connectivity index (χ4n) is 1.59. The van der Waals surface area contributed by atoms with Gasteiger partial charge in [0.25, 0.3) is 0 Å². The van der Waals surface area contributed by atoms with Gasteiger partial charge >= 0.3 is 81.4 Å². The molecule has 49 heavy (non-hydrogen) atoms. The van der Waals surface area contributed by atoms with Crippen molar-refractivity contribution in [1.29, 1.82) is 0 Å². The molecule has 0 saturated carbocycles. The molecule has 0 rings (SSSR count). The van der Waals surface area contributed by atoms with Gasteiger partial charge in [0.2, 0.25) is 0 Å². The summed E-state index contributed by atoms with van der Waals surface area (Å²) in [6, 6.07) is 0. The maximum Gasteiger partial charge on any atom is 2.00 e. The van der Waals surface area contributed by atoms with Gasteiger partial charge in [-0.1, -0.05) is 0 Å². The molecule has 0 spiro atoms. The van der Waals surface area contributed by atoms with Crippen LogP contribution in [0, 0.1) is 0 Å². The van der Waals surface area contributed by atoms with Crippen LogP contribution in [-0.4, -0.2) is 280 Å². The first-order valence-electron chi connectivity index (χ1n) is 12.3. The first-order valence-corrected chi connectivity index (χ1v) is 12.3. The Hall–Kier alpha value is -0.731. The van der Waals surface area contributed by atoms with E-state index in [0.29, 0.717) is 0 Å². The van der Waals surface area contributed by atoms with E-state index in [1.54, 1.807) is 0 Å². The van der Waals surface area contributed by atoms with Gasteiger partial charge in [0, 0.05) is 0 Å². The van der Waals surface area contributed by atoms with Crippen LogP contribution in [0.5, 0.6) is 0 Å². The summed E-state index contributed by atoms with van der Waals surface area (Å²) in [5.41, 5.74) is 0. The molecule has 0 aliphatic rings. The summed E-state index contributed by atoms with van der Waals surface area (Å²) in [5.74, 6) is -8.37. The van der Waals surface area contributed by atoms with Crippen molar-refractivity contribution in [2.45, 2.75) is 87.1 Å². The summed E-state index contributed by atoms with van der Waals surface area (Å²) in [7, 11) is 0. The molecule has 0 saturated heterocycles. The van der Waals surface area contributed by atoms with Crippen molar-refractivity contribution in [1.82, 2.24) is 0 Å². The van der Waals surface area contributed by atoms with E-state index in [-0.39, 0.29) is 75.5 Å². The molecule has 0 aliphatic heterocycles. The average molecular weight is 785 g/mol. The van der Waals surface area contributed by atoms with Gasteiger partial charge in [0.1, 0.15) is 54.9 Å². The zero-order valence-corrected chi connectivity index (χ0v) is 30.2. The fourth-order valence-corrected chi connectivity index (χ4v) is 1.59. The van der Waals surface area contributed by atoms with Crippen LogP contribution < -0.4 is 20.4 Å². The second-order valence-electron chi connectivity index (χ2n) is 8.51. The van der Waals surface area contributed by atoms with Crippen LogP contribution in [0.2, 0.25) is 0 Å². The van der Waals surface area contributed by atoms with Gasteiger partial charge < -0.3 is 121 Å². The second kappa shape index (κ2) is 35.7. The van der Waals surface area contributed by atoms with Gasteiger partial charge in [-0.05, 0) is 13.8 Å². The van der Waals surface area contributed by atoms with Crippen LogP contribution in [0.4, 0.5) is 0 Å². The molecule has 0 aliphatic carbocycles. The predicted octanol–water partition coefficient (Wildman–Crippen LogP) is -16.4. The minimum Gasteiger partial charge on any atom is -0.547 e. The van der Waals surface area contributed by atoms with Crippen LogP contribution in [-0.2, 0) is 24.0 Å². The molecular formula is C22H40Ca2O25. The van der Waals surface area contributed by atoms with E-state index in [1.807, 2.05) is 0 Å². The quantitative estimate of drug-likeness (QED) is 0.0685. The molecule has 2 unspecified atom stereocenters. The zero-order chi connectivity index (χ0) is 38.9. The Balaban J connectivity index is -0.0000000923. The van der Waals surface area contributed by atoms with Gasteiger partial charge in [-0.2, -0.15) is 0 Å². The van der Waals surface area contributed by atoms with E-state index in [9.17, 15) is 44.4 Å². The van der Waals surface area contributed by atoms with Gasteiger partial charge in [0.15, 0.2) is 6.10 Å².